The number of allylic oxidation sites excluding steroid dienone is 1. The average molecular weight is 338 g/mol. The minimum absolute atomic E-state index is 0.00201. The monoisotopic (exact) mass is 338 g/mol. The fraction of sp³-hybridized carbons (Fsp3) is 0.350. The molecular formula is C20H22N2O3. The molecule has 1 aromatic rings. The highest BCUT2D eigenvalue weighted by Gasteiger charge is 2.24. The minimum Gasteiger partial charge on any atom is -0.349 e. The van der Waals surface area contributed by atoms with Gasteiger partial charge in [-0.3, -0.25) is 19.3 Å². The van der Waals surface area contributed by atoms with Crippen LogP contribution < -0.4 is 5.32 Å². The van der Waals surface area contributed by atoms with Gasteiger partial charge in [0, 0.05) is 30.3 Å². The first kappa shape index (κ1) is 17.1. The van der Waals surface area contributed by atoms with Gasteiger partial charge in [-0.2, -0.15) is 0 Å². The van der Waals surface area contributed by atoms with Crippen molar-refractivity contribution < 1.29 is 14.4 Å². The molecule has 1 unspecified atom stereocenters. The van der Waals surface area contributed by atoms with Gasteiger partial charge in [-0.1, -0.05) is 36.4 Å². The maximum atomic E-state index is 12.2. The molecule has 25 heavy (non-hydrogen) atoms. The number of nitrogens with one attached hydrogen (secondary N) is 1. The summed E-state index contributed by atoms with van der Waals surface area (Å²) in [6.45, 7) is 0.383. The lowest BCUT2D eigenvalue weighted by molar-refractivity contribution is -0.137. The van der Waals surface area contributed by atoms with Crippen molar-refractivity contribution in [2.24, 2.45) is 0 Å². The first-order valence-corrected chi connectivity index (χ1v) is 8.71. The molecule has 5 nitrogen and oxygen atoms in total. The van der Waals surface area contributed by atoms with E-state index in [1.165, 1.54) is 17.1 Å². The second-order valence-corrected chi connectivity index (χ2v) is 6.43. The number of hydrogen-bond donors (Lipinski definition) is 1. The van der Waals surface area contributed by atoms with E-state index in [1.54, 1.807) is 0 Å². The van der Waals surface area contributed by atoms with E-state index in [0.29, 0.717) is 19.4 Å². The lowest BCUT2D eigenvalue weighted by Crippen LogP contribution is -2.39. The van der Waals surface area contributed by atoms with Gasteiger partial charge in [-0.25, -0.2) is 0 Å². The van der Waals surface area contributed by atoms with Gasteiger partial charge in [0.2, 0.25) is 5.91 Å². The van der Waals surface area contributed by atoms with Gasteiger partial charge in [0.05, 0.1) is 0 Å². The molecule has 0 bridgehead atoms. The molecule has 0 radical (unpaired) electrons. The Labute approximate surface area is 147 Å². The van der Waals surface area contributed by atoms with E-state index in [4.69, 9.17) is 0 Å². The van der Waals surface area contributed by atoms with Gasteiger partial charge < -0.3 is 5.32 Å². The van der Waals surface area contributed by atoms with Crippen molar-refractivity contribution >= 4 is 17.7 Å². The molecule has 130 valence electrons. The van der Waals surface area contributed by atoms with Crippen LogP contribution in [0.3, 0.4) is 0 Å². The molecule has 3 amide bonds. The van der Waals surface area contributed by atoms with E-state index in [2.05, 4.69) is 5.32 Å². The molecule has 1 heterocycles. The molecule has 0 saturated carbocycles. The summed E-state index contributed by atoms with van der Waals surface area (Å²) in [6.07, 6.45) is 8.48. The Balaban J connectivity index is 1.56. The number of rotatable bonds is 8. The maximum Gasteiger partial charge on any atom is 0.253 e. The van der Waals surface area contributed by atoms with Crippen molar-refractivity contribution in [3.63, 3.8) is 0 Å². The molecular weight excluding hydrogens is 316 g/mol. The van der Waals surface area contributed by atoms with E-state index in [9.17, 15) is 14.4 Å². The average Bonchev–Trinajstić information content (AvgIpc) is 2.86. The zero-order valence-electron chi connectivity index (χ0n) is 14.1. The first-order valence-electron chi connectivity index (χ1n) is 8.71. The van der Waals surface area contributed by atoms with Gasteiger partial charge >= 0.3 is 0 Å². The SMILES string of the molecule is O=C(NC(CCCN1C(=O)C=CC1=O)Cc1ccccc1)C1=CCC1. The molecule has 3 rings (SSSR count). The largest absolute Gasteiger partial charge is 0.349 e. The Bertz CT molecular complexity index is 704. The molecule has 1 aliphatic carbocycles. The summed E-state index contributed by atoms with van der Waals surface area (Å²) in [7, 11) is 0. The van der Waals surface area contributed by atoms with Crippen LogP contribution in [0.1, 0.15) is 31.2 Å². The van der Waals surface area contributed by atoms with Gasteiger partial charge in [0.1, 0.15) is 0 Å². The van der Waals surface area contributed by atoms with Crippen LogP contribution in [0.2, 0.25) is 0 Å². The predicted octanol–water partition coefficient (Wildman–Crippen LogP) is 2.14. The number of benzene rings is 1. The molecule has 0 aromatic heterocycles. The summed E-state index contributed by atoms with van der Waals surface area (Å²) in [4.78, 5) is 36.7. The lowest BCUT2D eigenvalue weighted by atomic mass is 9.96. The summed E-state index contributed by atoms with van der Waals surface area (Å²) in [5.74, 6) is -0.510. The van der Waals surface area contributed by atoms with E-state index in [0.717, 1.165) is 30.4 Å². The highest BCUT2D eigenvalue weighted by atomic mass is 16.2. The Hall–Kier alpha value is -2.69. The van der Waals surface area contributed by atoms with E-state index in [-0.39, 0.29) is 23.8 Å². The van der Waals surface area contributed by atoms with Crippen LogP contribution in [0.5, 0.6) is 0 Å². The predicted molar refractivity (Wildman–Crippen MR) is 94.5 cm³/mol. The van der Waals surface area contributed by atoms with Gasteiger partial charge in [0.15, 0.2) is 0 Å². The zero-order valence-corrected chi connectivity index (χ0v) is 14.1. The fourth-order valence-electron chi connectivity index (χ4n) is 3.04. The molecule has 1 aromatic carbocycles. The molecule has 5 heteroatoms. The number of carbonyl (C=O) groups is 3. The quantitative estimate of drug-likeness (QED) is 0.739. The second kappa shape index (κ2) is 7.92. The van der Waals surface area contributed by atoms with Crippen LogP contribution in [0.15, 0.2) is 54.1 Å². The topological polar surface area (TPSA) is 66.5 Å². The van der Waals surface area contributed by atoms with Crippen molar-refractivity contribution in [3.05, 3.63) is 59.7 Å². The molecule has 2 aliphatic rings. The number of amides is 3. The third-order valence-corrected chi connectivity index (χ3v) is 4.59. The maximum absolute atomic E-state index is 12.2. The smallest absolute Gasteiger partial charge is 0.253 e. The Kier molecular flexibility index (Phi) is 5.43. The third-order valence-electron chi connectivity index (χ3n) is 4.59. The number of nitrogens with zero attached hydrogens (tertiary/aromatic N) is 1. The molecule has 0 saturated heterocycles. The molecule has 1 N–H and O–H groups in total. The summed E-state index contributed by atoms with van der Waals surface area (Å²) in [5, 5.41) is 3.10. The lowest BCUT2D eigenvalue weighted by Gasteiger charge is -2.23. The highest BCUT2D eigenvalue weighted by Crippen LogP contribution is 2.19. The minimum atomic E-state index is -0.256. The van der Waals surface area contributed by atoms with Crippen molar-refractivity contribution in [3.8, 4) is 0 Å². The highest BCUT2D eigenvalue weighted by molar-refractivity contribution is 6.12. The van der Waals surface area contributed by atoms with Crippen LogP contribution in [0.25, 0.3) is 0 Å². The normalized spacial score (nSPS) is 17.3. The number of hydrogen-bond acceptors (Lipinski definition) is 3. The van der Waals surface area contributed by atoms with Gasteiger partial charge in [0.25, 0.3) is 11.8 Å². The van der Waals surface area contributed by atoms with Crippen molar-refractivity contribution in [1.82, 2.24) is 10.2 Å². The summed E-state index contributed by atoms with van der Waals surface area (Å²) in [5.41, 5.74) is 2.01. The van der Waals surface area contributed by atoms with Gasteiger partial charge in [-0.15, -0.1) is 0 Å². The Morgan fingerprint density at radius 1 is 1.12 bits per heavy atom. The standard InChI is InChI=1S/C20H22N2O3/c23-18-11-12-19(24)22(18)13-5-10-17(14-15-6-2-1-3-7-15)21-20(25)16-8-4-9-16/h1-3,6-8,11-12,17H,4-5,9-10,13-14H2,(H,21,25). The second-order valence-electron chi connectivity index (χ2n) is 6.43. The van der Waals surface area contributed by atoms with Crippen molar-refractivity contribution in [2.75, 3.05) is 6.54 Å². The van der Waals surface area contributed by atoms with Gasteiger partial charge in [-0.05, 0) is 37.7 Å². The van der Waals surface area contributed by atoms with Crippen molar-refractivity contribution in [2.45, 2.75) is 38.1 Å². The molecule has 0 fully saturated rings. The van der Waals surface area contributed by atoms with E-state index >= 15 is 0 Å². The molecule has 1 aliphatic heterocycles. The van der Waals surface area contributed by atoms with Crippen LogP contribution in [-0.2, 0) is 20.8 Å². The third kappa shape index (κ3) is 4.44. The Morgan fingerprint density at radius 2 is 1.80 bits per heavy atom. The van der Waals surface area contributed by atoms with E-state index in [1.807, 2.05) is 36.4 Å². The Morgan fingerprint density at radius 3 is 2.40 bits per heavy atom. The van der Waals surface area contributed by atoms with Crippen LogP contribution in [0.4, 0.5) is 0 Å². The molecule has 1 atom stereocenters. The summed E-state index contributed by atoms with van der Waals surface area (Å²) >= 11 is 0. The summed E-state index contributed by atoms with van der Waals surface area (Å²) < 4.78 is 0. The number of carbonyl (C=O) groups excluding carboxylic acids is 3. The van der Waals surface area contributed by atoms with Crippen LogP contribution >= 0.6 is 0 Å². The molecule has 0 spiro atoms. The summed E-state index contributed by atoms with van der Waals surface area (Å²) in [6, 6.07) is 10.00. The first-order chi connectivity index (χ1) is 12.1. The van der Waals surface area contributed by atoms with Crippen LogP contribution in [0, 0.1) is 0 Å². The number of imide groups is 1. The van der Waals surface area contributed by atoms with Crippen LogP contribution in [-0.4, -0.2) is 35.2 Å². The van der Waals surface area contributed by atoms with E-state index < -0.39 is 0 Å². The zero-order chi connectivity index (χ0) is 17.6. The van der Waals surface area contributed by atoms with Crippen molar-refractivity contribution in [1.29, 1.82) is 0 Å². The fourth-order valence-corrected chi connectivity index (χ4v) is 3.04.